The van der Waals surface area contributed by atoms with Crippen molar-refractivity contribution in [2.24, 2.45) is 0 Å². The number of hydrogen-bond donors (Lipinski definition) is 2. The van der Waals surface area contributed by atoms with Crippen LogP contribution in [0.3, 0.4) is 0 Å². The highest BCUT2D eigenvalue weighted by molar-refractivity contribution is 7.89. The number of methoxy groups -OCH3 is 2. The lowest BCUT2D eigenvalue weighted by Crippen LogP contribution is -2.40. The predicted octanol–water partition coefficient (Wildman–Crippen LogP) is 1.66. The van der Waals surface area contributed by atoms with Crippen LogP contribution in [-0.2, 0) is 24.8 Å². The van der Waals surface area contributed by atoms with Crippen molar-refractivity contribution in [2.45, 2.75) is 29.7 Å². The minimum Gasteiger partial charge on any atom is -0.496 e. The van der Waals surface area contributed by atoms with Crippen molar-refractivity contribution in [3.63, 3.8) is 0 Å². The van der Waals surface area contributed by atoms with E-state index in [0.717, 1.165) is 0 Å². The zero-order valence-corrected chi connectivity index (χ0v) is 21.5. The standard InChI is InChI=1S/C22H29N3O8S2/c1-15(2)24-34(27,28)16-5-8-21(32-4)19(14-16)23-22(26)18-13-17(6-7-20(18)31-3)35(29,30)25-9-11-33-12-10-25/h5-8,13-15,24H,9-12H2,1-4H3,(H,23,26). The van der Waals surface area contributed by atoms with Gasteiger partial charge in [0.2, 0.25) is 20.0 Å². The van der Waals surface area contributed by atoms with Crippen molar-refractivity contribution in [1.29, 1.82) is 0 Å². The molecule has 0 unspecified atom stereocenters. The molecule has 35 heavy (non-hydrogen) atoms. The molecule has 1 aliphatic rings. The molecule has 1 aliphatic heterocycles. The van der Waals surface area contributed by atoms with Crippen LogP contribution >= 0.6 is 0 Å². The zero-order chi connectivity index (χ0) is 25.8. The van der Waals surface area contributed by atoms with Crippen LogP contribution in [0.15, 0.2) is 46.2 Å². The molecule has 11 nitrogen and oxygen atoms in total. The maximum Gasteiger partial charge on any atom is 0.259 e. The van der Waals surface area contributed by atoms with Gasteiger partial charge in [0.1, 0.15) is 11.5 Å². The smallest absolute Gasteiger partial charge is 0.259 e. The lowest BCUT2D eigenvalue weighted by molar-refractivity contribution is 0.0730. The number of rotatable bonds is 9. The number of ether oxygens (including phenoxy) is 3. The van der Waals surface area contributed by atoms with E-state index in [9.17, 15) is 21.6 Å². The number of benzene rings is 2. The van der Waals surface area contributed by atoms with Crippen molar-refractivity contribution in [3.05, 3.63) is 42.0 Å². The molecule has 1 saturated heterocycles. The molecule has 0 aliphatic carbocycles. The molecule has 0 atom stereocenters. The normalized spacial score (nSPS) is 15.1. The number of hydrogen-bond acceptors (Lipinski definition) is 8. The summed E-state index contributed by atoms with van der Waals surface area (Å²) in [6.45, 7) is 4.36. The van der Waals surface area contributed by atoms with Gasteiger partial charge in [0, 0.05) is 19.1 Å². The maximum absolute atomic E-state index is 13.2. The van der Waals surface area contributed by atoms with E-state index in [0.29, 0.717) is 0 Å². The fraction of sp³-hybridized carbons (Fsp3) is 0.409. The number of amides is 1. The van der Waals surface area contributed by atoms with Gasteiger partial charge in [0.15, 0.2) is 0 Å². The number of nitrogens with one attached hydrogen (secondary N) is 2. The van der Waals surface area contributed by atoms with Crippen LogP contribution in [0.25, 0.3) is 0 Å². The van der Waals surface area contributed by atoms with Crippen LogP contribution in [0.1, 0.15) is 24.2 Å². The van der Waals surface area contributed by atoms with Gasteiger partial charge in [-0.3, -0.25) is 4.79 Å². The van der Waals surface area contributed by atoms with E-state index in [1.54, 1.807) is 13.8 Å². The molecule has 0 bridgehead atoms. The first-order valence-corrected chi connectivity index (χ1v) is 13.7. The van der Waals surface area contributed by atoms with Crippen LogP contribution in [-0.4, -0.2) is 73.6 Å². The zero-order valence-electron chi connectivity index (χ0n) is 19.9. The van der Waals surface area contributed by atoms with E-state index in [4.69, 9.17) is 14.2 Å². The SMILES string of the molecule is COc1ccc(S(=O)(=O)NC(C)C)cc1NC(=O)c1cc(S(=O)(=O)N2CCOCC2)ccc1OC. The topological polar surface area (TPSA) is 140 Å². The summed E-state index contributed by atoms with van der Waals surface area (Å²) in [5.74, 6) is -0.337. The number of morpholine rings is 1. The predicted molar refractivity (Wildman–Crippen MR) is 129 cm³/mol. The molecule has 2 N–H and O–H groups in total. The van der Waals surface area contributed by atoms with Crippen molar-refractivity contribution in [1.82, 2.24) is 9.03 Å². The lowest BCUT2D eigenvalue weighted by Gasteiger charge is -2.26. The molecule has 1 fully saturated rings. The Balaban J connectivity index is 1.97. The molecular weight excluding hydrogens is 498 g/mol. The second-order valence-corrected chi connectivity index (χ2v) is 11.6. The third-order valence-corrected chi connectivity index (χ3v) is 8.69. The Bertz CT molecular complexity index is 1290. The fourth-order valence-corrected chi connectivity index (χ4v) is 6.19. The molecule has 1 amide bonds. The summed E-state index contributed by atoms with van der Waals surface area (Å²) in [6.07, 6.45) is 0. The van der Waals surface area contributed by atoms with Gasteiger partial charge in [-0.05, 0) is 50.2 Å². The highest BCUT2D eigenvalue weighted by Gasteiger charge is 2.28. The molecule has 1 heterocycles. The second kappa shape index (κ2) is 10.9. The number of sulfonamides is 2. The lowest BCUT2D eigenvalue weighted by atomic mass is 10.1. The molecule has 2 aromatic rings. The molecule has 0 radical (unpaired) electrons. The summed E-state index contributed by atoms with van der Waals surface area (Å²) >= 11 is 0. The van der Waals surface area contributed by atoms with Gasteiger partial charge in [0.05, 0.1) is 48.5 Å². The van der Waals surface area contributed by atoms with Crippen molar-refractivity contribution in [3.8, 4) is 11.5 Å². The maximum atomic E-state index is 13.2. The monoisotopic (exact) mass is 527 g/mol. The minimum absolute atomic E-state index is 0.0440. The molecule has 0 saturated carbocycles. The molecule has 192 valence electrons. The van der Waals surface area contributed by atoms with Crippen LogP contribution in [0.5, 0.6) is 11.5 Å². The number of nitrogens with zero attached hydrogens (tertiary/aromatic N) is 1. The van der Waals surface area contributed by atoms with Gasteiger partial charge >= 0.3 is 0 Å². The first-order chi connectivity index (χ1) is 16.5. The molecule has 2 aromatic carbocycles. The Morgan fingerprint density at radius 3 is 2.14 bits per heavy atom. The van der Waals surface area contributed by atoms with Crippen LogP contribution in [0.4, 0.5) is 5.69 Å². The molecule has 0 aromatic heterocycles. The van der Waals surface area contributed by atoms with E-state index < -0.39 is 26.0 Å². The van der Waals surface area contributed by atoms with Gasteiger partial charge in [-0.2, -0.15) is 4.31 Å². The Hall–Kier alpha value is -2.71. The van der Waals surface area contributed by atoms with Gasteiger partial charge in [-0.25, -0.2) is 21.6 Å². The number of carbonyl (C=O) groups is 1. The Labute approximate surface area is 205 Å². The Kier molecular flexibility index (Phi) is 8.38. The Morgan fingerprint density at radius 2 is 1.54 bits per heavy atom. The summed E-state index contributed by atoms with van der Waals surface area (Å²) in [5, 5.41) is 2.61. The first kappa shape index (κ1) is 26.9. The quantitative estimate of drug-likeness (QED) is 0.502. The summed E-state index contributed by atoms with van der Waals surface area (Å²) in [6, 6.07) is 7.70. The van der Waals surface area contributed by atoms with Crippen molar-refractivity contribution < 1.29 is 35.8 Å². The number of carbonyl (C=O) groups excluding carboxylic acids is 1. The van der Waals surface area contributed by atoms with Crippen molar-refractivity contribution in [2.75, 3.05) is 45.8 Å². The first-order valence-electron chi connectivity index (χ1n) is 10.8. The average Bonchev–Trinajstić information content (AvgIpc) is 2.83. The molecule has 3 rings (SSSR count). The largest absolute Gasteiger partial charge is 0.496 e. The van der Waals surface area contributed by atoms with E-state index in [-0.39, 0.29) is 64.9 Å². The van der Waals surface area contributed by atoms with Gasteiger partial charge in [-0.1, -0.05) is 0 Å². The number of anilines is 1. The van der Waals surface area contributed by atoms with E-state index >= 15 is 0 Å². The fourth-order valence-electron chi connectivity index (χ4n) is 3.48. The highest BCUT2D eigenvalue weighted by atomic mass is 32.2. The van der Waals surface area contributed by atoms with E-state index in [2.05, 4.69) is 10.0 Å². The summed E-state index contributed by atoms with van der Waals surface area (Å²) < 4.78 is 70.8. The van der Waals surface area contributed by atoms with Crippen LogP contribution in [0, 0.1) is 0 Å². The molecule has 0 spiro atoms. The summed E-state index contributed by atoms with van der Waals surface area (Å²) in [4.78, 5) is 13.1. The van der Waals surface area contributed by atoms with E-state index in [1.807, 2.05) is 0 Å². The Morgan fingerprint density at radius 1 is 0.943 bits per heavy atom. The third-order valence-electron chi connectivity index (χ3n) is 5.14. The molecule has 13 heteroatoms. The van der Waals surface area contributed by atoms with Gasteiger partial charge < -0.3 is 19.5 Å². The van der Waals surface area contributed by atoms with Crippen LogP contribution in [0.2, 0.25) is 0 Å². The van der Waals surface area contributed by atoms with Crippen LogP contribution < -0.4 is 19.5 Å². The van der Waals surface area contributed by atoms with Gasteiger partial charge in [-0.15, -0.1) is 0 Å². The second-order valence-electron chi connectivity index (χ2n) is 7.97. The summed E-state index contributed by atoms with van der Waals surface area (Å²) in [5.41, 5.74) is 0.0464. The third kappa shape index (κ3) is 6.11. The highest BCUT2D eigenvalue weighted by Crippen LogP contribution is 2.30. The minimum atomic E-state index is -3.86. The van der Waals surface area contributed by atoms with Gasteiger partial charge in [0.25, 0.3) is 5.91 Å². The summed E-state index contributed by atoms with van der Waals surface area (Å²) in [7, 11) is -4.96. The average molecular weight is 528 g/mol. The van der Waals surface area contributed by atoms with E-state index in [1.165, 1.54) is 54.9 Å². The van der Waals surface area contributed by atoms with Crippen molar-refractivity contribution >= 4 is 31.6 Å². The molecular formula is C22H29N3O8S2.